The van der Waals surface area contributed by atoms with E-state index in [2.05, 4.69) is 27.0 Å². The number of aromatic nitrogens is 2. The molecule has 6 heteroatoms. The van der Waals surface area contributed by atoms with E-state index in [9.17, 15) is 9.90 Å². The average molecular weight is 421 g/mol. The molecule has 0 saturated carbocycles. The van der Waals surface area contributed by atoms with Crippen LogP contribution in [0.1, 0.15) is 10.4 Å². The number of hydrogen-bond acceptors (Lipinski definition) is 5. The summed E-state index contributed by atoms with van der Waals surface area (Å²) in [4.78, 5) is 25.0. The van der Waals surface area contributed by atoms with Crippen molar-refractivity contribution in [2.45, 2.75) is 9.79 Å². The van der Waals surface area contributed by atoms with Crippen molar-refractivity contribution < 1.29 is 9.90 Å². The van der Waals surface area contributed by atoms with Gasteiger partial charge in [-0.2, -0.15) is 0 Å². The Labute approximate surface area is 182 Å². The zero-order chi connectivity index (χ0) is 20.9. The van der Waals surface area contributed by atoms with E-state index < -0.39 is 5.97 Å². The van der Waals surface area contributed by atoms with E-state index in [-0.39, 0.29) is 5.56 Å². The number of benzene rings is 3. The van der Waals surface area contributed by atoms with E-state index in [1.54, 1.807) is 23.9 Å². The number of hydrogen-bond donors (Lipinski definition) is 1. The molecule has 1 aliphatic rings. The lowest BCUT2D eigenvalue weighted by Crippen LogP contribution is -2.16. The largest absolute Gasteiger partial charge is 0.478 e. The van der Waals surface area contributed by atoms with Gasteiger partial charge in [0.2, 0.25) is 0 Å². The summed E-state index contributed by atoms with van der Waals surface area (Å²) in [5, 5.41) is 11.4. The van der Waals surface area contributed by atoms with Crippen molar-refractivity contribution in [3.8, 4) is 0 Å². The first kappa shape index (κ1) is 17.9. The van der Waals surface area contributed by atoms with Gasteiger partial charge in [0.25, 0.3) is 0 Å². The number of carbonyl (C=O) groups is 1. The zero-order valence-corrected chi connectivity index (χ0v) is 17.0. The van der Waals surface area contributed by atoms with Gasteiger partial charge in [0, 0.05) is 28.9 Å². The summed E-state index contributed by atoms with van der Waals surface area (Å²) in [5.41, 5.74) is 5.06. The third-order valence-electron chi connectivity index (χ3n) is 5.47. The number of anilines is 3. The van der Waals surface area contributed by atoms with Crippen LogP contribution < -0.4 is 4.90 Å². The predicted molar refractivity (Wildman–Crippen MR) is 123 cm³/mol. The summed E-state index contributed by atoms with van der Waals surface area (Å²) in [6.07, 6.45) is 3.80. The summed E-state index contributed by atoms with van der Waals surface area (Å²) in [6.45, 7) is 0. The number of para-hydroxylation sites is 2. The minimum atomic E-state index is -0.939. The van der Waals surface area contributed by atoms with Gasteiger partial charge < -0.3 is 10.0 Å². The quantitative estimate of drug-likeness (QED) is 0.348. The SMILES string of the molecule is O=C(O)c1ccc(N2c3c(cnc4ccccc34)Sc3cnc4ccccc4c32)cc1. The summed E-state index contributed by atoms with van der Waals surface area (Å²) in [6, 6.07) is 23.2. The highest BCUT2D eigenvalue weighted by molar-refractivity contribution is 7.99. The normalized spacial score (nSPS) is 12.6. The van der Waals surface area contributed by atoms with Gasteiger partial charge in [0.05, 0.1) is 37.8 Å². The molecule has 0 radical (unpaired) electrons. The molecule has 5 nitrogen and oxygen atoms in total. The van der Waals surface area contributed by atoms with Crippen LogP contribution in [-0.4, -0.2) is 21.0 Å². The molecule has 0 amide bonds. The van der Waals surface area contributed by atoms with Crippen molar-refractivity contribution in [3.63, 3.8) is 0 Å². The molecule has 3 heterocycles. The van der Waals surface area contributed by atoms with Crippen LogP contribution in [0.15, 0.2) is 95.0 Å². The molecule has 31 heavy (non-hydrogen) atoms. The van der Waals surface area contributed by atoms with E-state index in [0.29, 0.717) is 0 Å². The fourth-order valence-corrected chi connectivity index (χ4v) is 5.11. The zero-order valence-electron chi connectivity index (χ0n) is 16.2. The molecular formula is C25H15N3O2S. The third kappa shape index (κ3) is 2.76. The molecule has 148 valence electrons. The summed E-state index contributed by atoms with van der Waals surface area (Å²) in [5.74, 6) is -0.939. The Kier molecular flexibility index (Phi) is 3.94. The summed E-state index contributed by atoms with van der Waals surface area (Å²) in [7, 11) is 0. The number of rotatable bonds is 2. The van der Waals surface area contributed by atoms with Gasteiger partial charge in [-0.05, 0) is 36.4 Å². The molecule has 0 spiro atoms. The van der Waals surface area contributed by atoms with Crippen LogP contribution >= 0.6 is 11.8 Å². The van der Waals surface area contributed by atoms with E-state index in [1.165, 1.54) is 0 Å². The van der Waals surface area contributed by atoms with Gasteiger partial charge in [0.15, 0.2) is 0 Å². The molecule has 0 aliphatic carbocycles. The molecule has 0 unspecified atom stereocenters. The van der Waals surface area contributed by atoms with E-state index in [4.69, 9.17) is 0 Å². The van der Waals surface area contributed by atoms with E-state index >= 15 is 0 Å². The highest BCUT2D eigenvalue weighted by Crippen LogP contribution is 2.55. The minimum absolute atomic E-state index is 0.259. The number of aromatic carboxylic acids is 1. The Morgan fingerprint density at radius 3 is 1.77 bits per heavy atom. The molecular weight excluding hydrogens is 406 g/mol. The lowest BCUT2D eigenvalue weighted by Gasteiger charge is -2.34. The van der Waals surface area contributed by atoms with Gasteiger partial charge in [-0.1, -0.05) is 48.2 Å². The second kappa shape index (κ2) is 6.82. The second-order valence-electron chi connectivity index (χ2n) is 7.27. The first-order valence-corrected chi connectivity index (χ1v) is 10.6. The van der Waals surface area contributed by atoms with Crippen LogP contribution in [0.2, 0.25) is 0 Å². The average Bonchev–Trinajstić information content (AvgIpc) is 2.82. The van der Waals surface area contributed by atoms with Crippen LogP contribution in [0.5, 0.6) is 0 Å². The van der Waals surface area contributed by atoms with Gasteiger partial charge >= 0.3 is 5.97 Å². The van der Waals surface area contributed by atoms with E-state index in [1.807, 2.05) is 60.9 Å². The van der Waals surface area contributed by atoms with Gasteiger partial charge in [-0.25, -0.2) is 4.79 Å². The summed E-state index contributed by atoms with van der Waals surface area (Å²) < 4.78 is 0. The summed E-state index contributed by atoms with van der Waals surface area (Å²) >= 11 is 1.66. The lowest BCUT2D eigenvalue weighted by molar-refractivity contribution is 0.0697. The molecule has 5 aromatic rings. The molecule has 3 aromatic carbocycles. The Morgan fingerprint density at radius 1 is 0.742 bits per heavy atom. The smallest absolute Gasteiger partial charge is 0.335 e. The van der Waals surface area contributed by atoms with Gasteiger partial charge in [0.1, 0.15) is 0 Å². The van der Waals surface area contributed by atoms with Crippen molar-refractivity contribution in [1.82, 2.24) is 9.97 Å². The number of carboxylic acids is 1. The highest BCUT2D eigenvalue weighted by Gasteiger charge is 2.29. The molecule has 1 aliphatic heterocycles. The predicted octanol–water partition coefficient (Wildman–Crippen LogP) is 6.42. The highest BCUT2D eigenvalue weighted by atomic mass is 32.2. The van der Waals surface area contributed by atoms with Crippen LogP contribution in [0.3, 0.4) is 0 Å². The third-order valence-corrected chi connectivity index (χ3v) is 6.50. The topological polar surface area (TPSA) is 66.3 Å². The minimum Gasteiger partial charge on any atom is -0.478 e. The molecule has 1 N–H and O–H groups in total. The maximum absolute atomic E-state index is 11.4. The Hall–Kier alpha value is -3.90. The van der Waals surface area contributed by atoms with Crippen LogP contribution in [0.4, 0.5) is 17.1 Å². The van der Waals surface area contributed by atoms with Crippen molar-refractivity contribution in [2.75, 3.05) is 4.90 Å². The first-order chi connectivity index (χ1) is 15.2. The number of fused-ring (bicyclic) bond motifs is 6. The van der Waals surface area contributed by atoms with Crippen LogP contribution in [0.25, 0.3) is 21.8 Å². The van der Waals surface area contributed by atoms with Crippen LogP contribution in [-0.2, 0) is 0 Å². The Bertz CT molecular complexity index is 1410. The number of carboxylic acid groups (broad SMARTS) is 1. The molecule has 0 saturated heterocycles. The molecule has 2 aromatic heterocycles. The van der Waals surface area contributed by atoms with Crippen molar-refractivity contribution >= 4 is 56.6 Å². The van der Waals surface area contributed by atoms with Gasteiger partial charge in [-0.15, -0.1) is 0 Å². The fourth-order valence-electron chi connectivity index (χ4n) is 4.07. The molecule has 6 rings (SSSR count). The standard InChI is InChI=1S/C25H15N3O2S/c29-25(30)15-9-11-16(12-10-15)28-23-17-5-1-3-7-19(17)26-13-21(23)31-22-14-27-20-8-4-2-6-18(20)24(22)28/h1-14H,(H,29,30). The maximum Gasteiger partial charge on any atom is 0.335 e. The van der Waals surface area contributed by atoms with Crippen molar-refractivity contribution in [1.29, 1.82) is 0 Å². The fraction of sp³-hybridized carbons (Fsp3) is 0. The number of pyridine rings is 2. The molecule has 0 fully saturated rings. The van der Waals surface area contributed by atoms with E-state index in [0.717, 1.165) is 48.7 Å². The lowest BCUT2D eigenvalue weighted by atomic mass is 10.1. The van der Waals surface area contributed by atoms with Gasteiger partial charge in [-0.3, -0.25) is 9.97 Å². The maximum atomic E-state index is 11.4. The molecule has 0 atom stereocenters. The molecule has 0 bridgehead atoms. The number of nitrogens with zero attached hydrogens (tertiary/aromatic N) is 3. The second-order valence-corrected chi connectivity index (χ2v) is 8.35. The van der Waals surface area contributed by atoms with Crippen molar-refractivity contribution in [2.24, 2.45) is 0 Å². The first-order valence-electron chi connectivity index (χ1n) is 9.77. The van der Waals surface area contributed by atoms with Crippen molar-refractivity contribution in [3.05, 3.63) is 90.8 Å². The van der Waals surface area contributed by atoms with Crippen LogP contribution in [0, 0.1) is 0 Å². The Morgan fingerprint density at radius 2 is 1.26 bits per heavy atom. The Balaban J connectivity index is 1.71. The monoisotopic (exact) mass is 421 g/mol.